The summed E-state index contributed by atoms with van der Waals surface area (Å²) in [4.78, 5) is 43.8. The molecule has 1 atom stereocenters. The largest absolute Gasteiger partial charge is 0.480 e. The molecule has 1 N–H and O–H groups in total. The van der Waals surface area contributed by atoms with Gasteiger partial charge < -0.3 is 14.8 Å². The Kier molecular flexibility index (Phi) is 5.99. The van der Waals surface area contributed by atoms with E-state index in [0.717, 1.165) is 13.2 Å². The SMILES string of the molecule is CNC(=O)C(CC(=O)OC)Oc1ccc(C=O)c([N+](=O)[O-])c1. The molecule has 1 aromatic rings. The maximum absolute atomic E-state index is 11.7. The summed E-state index contributed by atoms with van der Waals surface area (Å²) >= 11 is 0. The second-order valence-corrected chi connectivity index (χ2v) is 4.10. The van der Waals surface area contributed by atoms with E-state index >= 15 is 0 Å². The molecule has 0 spiro atoms. The van der Waals surface area contributed by atoms with Crippen LogP contribution in [0.4, 0.5) is 5.69 Å². The van der Waals surface area contributed by atoms with E-state index in [1.54, 1.807) is 0 Å². The molecule has 0 bridgehead atoms. The number of esters is 1. The minimum Gasteiger partial charge on any atom is -0.480 e. The van der Waals surface area contributed by atoms with E-state index in [2.05, 4.69) is 10.1 Å². The zero-order valence-electron chi connectivity index (χ0n) is 11.9. The number of carbonyl (C=O) groups is 3. The predicted octanol–water partition coefficient (Wildman–Crippen LogP) is 0.464. The van der Waals surface area contributed by atoms with Crippen molar-refractivity contribution in [3.05, 3.63) is 33.9 Å². The fourth-order valence-electron chi connectivity index (χ4n) is 1.60. The Balaban J connectivity index is 3.05. The Hall–Kier alpha value is -2.97. The number of nitrogens with one attached hydrogen (secondary N) is 1. The average molecular weight is 310 g/mol. The summed E-state index contributed by atoms with van der Waals surface area (Å²) < 4.78 is 9.75. The standard InChI is InChI=1S/C13H14N2O7/c1-14-13(18)11(6-12(17)21-2)22-9-4-3-8(7-16)10(5-9)15(19)20/h3-5,7,11H,6H2,1-2H3,(H,14,18). The highest BCUT2D eigenvalue weighted by molar-refractivity contribution is 5.86. The van der Waals surface area contributed by atoms with Crippen LogP contribution in [-0.2, 0) is 14.3 Å². The Bertz CT molecular complexity index is 600. The highest BCUT2D eigenvalue weighted by atomic mass is 16.6. The van der Waals surface area contributed by atoms with Crippen LogP contribution in [-0.4, -0.2) is 43.3 Å². The predicted molar refractivity (Wildman–Crippen MR) is 73.6 cm³/mol. The lowest BCUT2D eigenvalue weighted by atomic mass is 10.2. The van der Waals surface area contributed by atoms with E-state index in [1.165, 1.54) is 19.2 Å². The summed E-state index contributed by atoms with van der Waals surface area (Å²) in [7, 11) is 2.51. The van der Waals surface area contributed by atoms with Crippen LogP contribution < -0.4 is 10.1 Å². The molecular formula is C13H14N2O7. The number of hydrogen-bond acceptors (Lipinski definition) is 7. The third kappa shape index (κ3) is 4.27. The van der Waals surface area contributed by atoms with E-state index in [4.69, 9.17) is 4.74 Å². The number of ether oxygens (including phenoxy) is 2. The van der Waals surface area contributed by atoms with Crippen LogP contribution in [0.25, 0.3) is 0 Å². The van der Waals surface area contributed by atoms with Gasteiger partial charge in [0.1, 0.15) is 5.75 Å². The van der Waals surface area contributed by atoms with Gasteiger partial charge in [0.25, 0.3) is 11.6 Å². The Morgan fingerprint density at radius 2 is 2.14 bits per heavy atom. The van der Waals surface area contributed by atoms with Gasteiger partial charge in [-0.05, 0) is 12.1 Å². The zero-order valence-corrected chi connectivity index (χ0v) is 11.9. The molecule has 0 heterocycles. The van der Waals surface area contributed by atoms with Gasteiger partial charge >= 0.3 is 5.97 Å². The maximum atomic E-state index is 11.7. The summed E-state index contributed by atoms with van der Waals surface area (Å²) in [6.07, 6.45) is -1.23. The molecule has 0 aliphatic rings. The molecule has 0 fully saturated rings. The first kappa shape index (κ1) is 17.1. The van der Waals surface area contributed by atoms with Crippen LogP contribution in [0.15, 0.2) is 18.2 Å². The van der Waals surface area contributed by atoms with Gasteiger partial charge in [-0.25, -0.2) is 0 Å². The molecule has 118 valence electrons. The number of hydrogen-bond donors (Lipinski definition) is 1. The normalized spacial score (nSPS) is 11.2. The number of carbonyl (C=O) groups excluding carboxylic acids is 3. The lowest BCUT2D eigenvalue weighted by molar-refractivity contribution is -0.385. The molecule has 1 unspecified atom stereocenters. The first-order chi connectivity index (χ1) is 10.4. The molecular weight excluding hydrogens is 296 g/mol. The van der Waals surface area contributed by atoms with Crippen LogP contribution in [0.2, 0.25) is 0 Å². The summed E-state index contributed by atoms with van der Waals surface area (Å²) in [5.41, 5.74) is -0.581. The van der Waals surface area contributed by atoms with Gasteiger partial charge in [-0.3, -0.25) is 24.5 Å². The Morgan fingerprint density at radius 3 is 2.64 bits per heavy atom. The van der Waals surface area contributed by atoms with Crippen molar-refractivity contribution in [1.29, 1.82) is 0 Å². The lowest BCUT2D eigenvalue weighted by Crippen LogP contribution is -2.38. The van der Waals surface area contributed by atoms with Gasteiger partial charge in [-0.1, -0.05) is 0 Å². The van der Waals surface area contributed by atoms with Crippen molar-refractivity contribution in [2.75, 3.05) is 14.2 Å². The van der Waals surface area contributed by atoms with E-state index in [9.17, 15) is 24.5 Å². The molecule has 1 amide bonds. The first-order valence-electron chi connectivity index (χ1n) is 6.11. The quantitative estimate of drug-likeness (QED) is 0.336. The lowest BCUT2D eigenvalue weighted by Gasteiger charge is -2.16. The van der Waals surface area contributed by atoms with Crippen molar-refractivity contribution < 1.29 is 28.8 Å². The minimum atomic E-state index is -1.21. The summed E-state index contributed by atoms with van der Waals surface area (Å²) in [5, 5.41) is 13.2. The highest BCUT2D eigenvalue weighted by Gasteiger charge is 2.24. The molecule has 0 aliphatic carbocycles. The fourth-order valence-corrected chi connectivity index (χ4v) is 1.60. The third-order valence-electron chi connectivity index (χ3n) is 2.72. The van der Waals surface area contributed by atoms with Crippen molar-refractivity contribution in [3.63, 3.8) is 0 Å². The Labute approximate surface area is 125 Å². The Morgan fingerprint density at radius 1 is 1.45 bits per heavy atom. The number of amides is 1. The number of nitro groups is 1. The summed E-state index contributed by atoms with van der Waals surface area (Å²) in [5.74, 6) is -1.28. The monoisotopic (exact) mass is 310 g/mol. The number of nitrogens with zero attached hydrogens (tertiary/aromatic N) is 1. The van der Waals surface area contributed by atoms with Crippen molar-refractivity contribution in [2.45, 2.75) is 12.5 Å². The molecule has 0 saturated heterocycles. The molecule has 0 aliphatic heterocycles. The van der Waals surface area contributed by atoms with Crippen molar-refractivity contribution in [3.8, 4) is 5.75 Å². The van der Waals surface area contributed by atoms with Gasteiger partial charge in [-0.15, -0.1) is 0 Å². The van der Waals surface area contributed by atoms with E-state index in [1.807, 2.05) is 0 Å². The van der Waals surface area contributed by atoms with Crippen molar-refractivity contribution >= 4 is 23.9 Å². The number of aldehydes is 1. The third-order valence-corrected chi connectivity index (χ3v) is 2.72. The van der Waals surface area contributed by atoms with E-state index in [0.29, 0.717) is 6.29 Å². The summed E-state index contributed by atoms with van der Waals surface area (Å²) in [6.45, 7) is 0. The molecule has 0 aromatic heterocycles. The van der Waals surface area contributed by atoms with Gasteiger partial charge in [-0.2, -0.15) is 0 Å². The number of methoxy groups -OCH3 is 1. The van der Waals surface area contributed by atoms with Crippen LogP contribution >= 0.6 is 0 Å². The second-order valence-electron chi connectivity index (χ2n) is 4.10. The van der Waals surface area contributed by atoms with Crippen LogP contribution in [0.1, 0.15) is 16.8 Å². The van der Waals surface area contributed by atoms with Crippen LogP contribution in [0, 0.1) is 10.1 Å². The molecule has 1 rings (SSSR count). The zero-order chi connectivity index (χ0) is 16.7. The molecule has 1 aromatic carbocycles. The molecule has 22 heavy (non-hydrogen) atoms. The van der Waals surface area contributed by atoms with Gasteiger partial charge in [0.05, 0.1) is 30.1 Å². The van der Waals surface area contributed by atoms with Gasteiger partial charge in [0, 0.05) is 7.05 Å². The summed E-state index contributed by atoms with van der Waals surface area (Å²) in [6, 6.07) is 3.50. The number of likely N-dealkylation sites (N-methyl/N-ethyl adjacent to an activating group) is 1. The smallest absolute Gasteiger partial charge is 0.309 e. The minimum absolute atomic E-state index is 0.0187. The van der Waals surface area contributed by atoms with Crippen LogP contribution in [0.3, 0.4) is 0 Å². The maximum Gasteiger partial charge on any atom is 0.309 e. The highest BCUT2D eigenvalue weighted by Crippen LogP contribution is 2.24. The van der Waals surface area contributed by atoms with Gasteiger partial charge in [0.15, 0.2) is 12.4 Å². The molecule has 9 nitrogen and oxygen atoms in total. The van der Waals surface area contributed by atoms with Crippen molar-refractivity contribution in [2.24, 2.45) is 0 Å². The molecule has 0 saturated carbocycles. The number of nitro benzene ring substituents is 1. The average Bonchev–Trinajstić information content (AvgIpc) is 2.52. The van der Waals surface area contributed by atoms with E-state index < -0.39 is 28.6 Å². The fraction of sp³-hybridized carbons (Fsp3) is 0.308. The van der Waals surface area contributed by atoms with Crippen LogP contribution in [0.5, 0.6) is 5.75 Å². The second kappa shape index (κ2) is 7.72. The number of benzene rings is 1. The number of rotatable bonds is 7. The van der Waals surface area contributed by atoms with Crippen molar-refractivity contribution in [1.82, 2.24) is 5.32 Å². The molecule has 0 radical (unpaired) electrons. The van der Waals surface area contributed by atoms with E-state index in [-0.39, 0.29) is 17.7 Å². The van der Waals surface area contributed by atoms with Gasteiger partial charge in [0.2, 0.25) is 0 Å². The first-order valence-corrected chi connectivity index (χ1v) is 6.11. The topological polar surface area (TPSA) is 125 Å². The molecule has 9 heteroatoms.